The normalized spacial score (nSPS) is 15.7. The highest BCUT2D eigenvalue weighted by atomic mass is 19.1. The van der Waals surface area contributed by atoms with E-state index >= 15 is 0 Å². The number of nitrogens with zero attached hydrogens (tertiary/aromatic N) is 1. The molecule has 8 heteroatoms. The summed E-state index contributed by atoms with van der Waals surface area (Å²) in [4.78, 5) is 16.0. The van der Waals surface area contributed by atoms with Gasteiger partial charge in [-0.2, -0.15) is 0 Å². The Morgan fingerprint density at radius 2 is 1.62 bits per heavy atom. The van der Waals surface area contributed by atoms with Crippen LogP contribution in [0.2, 0.25) is 0 Å². The molecule has 0 unspecified atom stereocenters. The maximum atomic E-state index is 14.6. The highest BCUT2D eigenvalue weighted by Gasteiger charge is 2.32. The minimum absolute atomic E-state index is 0.0298. The first-order valence-corrected chi connectivity index (χ1v) is 12.2. The molecular formula is C29H27F3N2O3. The molecule has 1 aliphatic heterocycles. The van der Waals surface area contributed by atoms with Crippen LogP contribution in [0.1, 0.15) is 33.5 Å². The minimum Gasteiger partial charge on any atom is -0.494 e. The number of ether oxygens (including phenoxy) is 2. The number of piperazine rings is 1. The molecule has 0 bridgehead atoms. The van der Waals surface area contributed by atoms with Gasteiger partial charge in [0, 0.05) is 55.5 Å². The lowest BCUT2D eigenvalue weighted by molar-refractivity contribution is 0.105. The molecule has 192 valence electrons. The molecule has 0 aromatic heterocycles. The van der Waals surface area contributed by atoms with Crippen LogP contribution in [0, 0.1) is 17.5 Å². The molecule has 3 aromatic rings. The number of fused-ring (bicyclic) bond motifs is 1. The second kappa shape index (κ2) is 10.8. The third-order valence-corrected chi connectivity index (χ3v) is 6.67. The van der Waals surface area contributed by atoms with Crippen molar-refractivity contribution in [1.29, 1.82) is 0 Å². The molecule has 5 rings (SSSR count). The fourth-order valence-electron chi connectivity index (χ4n) is 4.91. The second-order valence-electron chi connectivity index (χ2n) is 9.09. The van der Waals surface area contributed by atoms with Gasteiger partial charge in [0.25, 0.3) is 0 Å². The van der Waals surface area contributed by atoms with E-state index < -0.39 is 17.5 Å². The number of carbonyl (C=O) groups excluding carboxylic acids is 1. The average molecular weight is 509 g/mol. The Morgan fingerprint density at radius 3 is 2.32 bits per heavy atom. The van der Waals surface area contributed by atoms with Crippen LogP contribution in [0.15, 0.2) is 54.6 Å². The van der Waals surface area contributed by atoms with Gasteiger partial charge >= 0.3 is 0 Å². The predicted molar refractivity (Wildman–Crippen MR) is 135 cm³/mol. The van der Waals surface area contributed by atoms with Crippen molar-refractivity contribution in [2.75, 3.05) is 46.4 Å². The van der Waals surface area contributed by atoms with Crippen LogP contribution in [0.4, 0.5) is 13.2 Å². The third-order valence-electron chi connectivity index (χ3n) is 6.67. The number of benzene rings is 3. The Labute approximate surface area is 213 Å². The van der Waals surface area contributed by atoms with Crippen LogP contribution in [0.25, 0.3) is 11.1 Å². The molecule has 1 fully saturated rings. The van der Waals surface area contributed by atoms with Gasteiger partial charge in [0.1, 0.15) is 17.4 Å². The van der Waals surface area contributed by atoms with Crippen LogP contribution < -0.4 is 14.8 Å². The topological polar surface area (TPSA) is 50.8 Å². The number of hydrogen-bond acceptors (Lipinski definition) is 5. The molecule has 0 amide bonds. The third kappa shape index (κ3) is 5.26. The maximum absolute atomic E-state index is 14.6. The SMILES string of the molecule is COc1ccc(C2=C(c3cc(F)cc(F)c3)c3ccc(OCCCN4CCNCC4)cc3C2=O)cc1F. The predicted octanol–water partition coefficient (Wildman–Crippen LogP) is 4.94. The largest absolute Gasteiger partial charge is 0.494 e. The number of halogens is 3. The van der Waals surface area contributed by atoms with E-state index in [9.17, 15) is 18.0 Å². The summed E-state index contributed by atoms with van der Waals surface area (Å²) >= 11 is 0. The van der Waals surface area contributed by atoms with Gasteiger partial charge in [-0.3, -0.25) is 4.79 Å². The lowest BCUT2D eigenvalue weighted by Crippen LogP contribution is -2.43. The molecule has 0 radical (unpaired) electrons. The Hall–Kier alpha value is -3.62. The Morgan fingerprint density at radius 1 is 0.865 bits per heavy atom. The fourth-order valence-corrected chi connectivity index (χ4v) is 4.91. The van der Waals surface area contributed by atoms with Crippen molar-refractivity contribution >= 4 is 16.9 Å². The number of nitrogens with one attached hydrogen (secondary N) is 1. The highest BCUT2D eigenvalue weighted by Crippen LogP contribution is 2.44. The van der Waals surface area contributed by atoms with Crippen molar-refractivity contribution < 1.29 is 27.4 Å². The zero-order valence-corrected chi connectivity index (χ0v) is 20.5. The summed E-state index contributed by atoms with van der Waals surface area (Å²) in [7, 11) is 1.35. The first-order chi connectivity index (χ1) is 17.9. The number of hydrogen-bond donors (Lipinski definition) is 1. The van der Waals surface area contributed by atoms with E-state index in [4.69, 9.17) is 9.47 Å². The molecule has 0 spiro atoms. The van der Waals surface area contributed by atoms with E-state index in [2.05, 4.69) is 10.2 Å². The van der Waals surface area contributed by atoms with Crippen LogP contribution in [0.5, 0.6) is 11.5 Å². The summed E-state index contributed by atoms with van der Waals surface area (Å²) < 4.78 is 53.8. The number of carbonyl (C=O) groups is 1. The van der Waals surface area contributed by atoms with E-state index in [1.54, 1.807) is 24.3 Å². The minimum atomic E-state index is -0.770. The number of Topliss-reactive ketones (excluding diaryl/α,β-unsaturated/α-hetero) is 1. The molecular weight excluding hydrogens is 481 g/mol. The Balaban J connectivity index is 1.46. The average Bonchev–Trinajstić information content (AvgIpc) is 3.18. The molecule has 1 heterocycles. The van der Waals surface area contributed by atoms with Gasteiger partial charge in [0.05, 0.1) is 13.7 Å². The summed E-state index contributed by atoms with van der Waals surface area (Å²) in [6.07, 6.45) is 0.841. The van der Waals surface area contributed by atoms with Gasteiger partial charge in [-0.25, -0.2) is 13.2 Å². The molecule has 1 N–H and O–H groups in total. The van der Waals surface area contributed by atoms with E-state index in [1.807, 2.05) is 0 Å². The first-order valence-electron chi connectivity index (χ1n) is 12.2. The lowest BCUT2D eigenvalue weighted by atomic mass is 9.94. The smallest absolute Gasteiger partial charge is 0.195 e. The van der Waals surface area contributed by atoms with Gasteiger partial charge in [-0.05, 0) is 65.6 Å². The summed E-state index contributed by atoms with van der Waals surface area (Å²) in [5.41, 5.74) is 1.84. The zero-order valence-electron chi connectivity index (χ0n) is 20.5. The lowest BCUT2D eigenvalue weighted by Gasteiger charge is -2.26. The van der Waals surface area contributed by atoms with E-state index in [0.717, 1.165) is 45.2 Å². The monoisotopic (exact) mass is 508 g/mol. The number of methoxy groups -OCH3 is 1. The fraction of sp³-hybridized carbons (Fsp3) is 0.276. The van der Waals surface area contributed by atoms with Crippen molar-refractivity contribution in [3.05, 3.63) is 94.3 Å². The molecule has 5 nitrogen and oxygen atoms in total. The summed E-state index contributed by atoms with van der Waals surface area (Å²) in [5, 5.41) is 3.33. The van der Waals surface area contributed by atoms with Crippen molar-refractivity contribution in [2.24, 2.45) is 0 Å². The van der Waals surface area contributed by atoms with E-state index in [0.29, 0.717) is 29.1 Å². The Kier molecular flexibility index (Phi) is 7.30. The van der Waals surface area contributed by atoms with Crippen LogP contribution in [-0.4, -0.2) is 57.1 Å². The van der Waals surface area contributed by atoms with Crippen molar-refractivity contribution in [2.45, 2.75) is 6.42 Å². The summed E-state index contributed by atoms with van der Waals surface area (Å²) in [6, 6.07) is 12.4. The van der Waals surface area contributed by atoms with Gasteiger partial charge in [0.15, 0.2) is 17.3 Å². The molecule has 1 saturated heterocycles. The molecule has 1 aliphatic carbocycles. The van der Waals surface area contributed by atoms with Crippen LogP contribution >= 0.6 is 0 Å². The number of allylic oxidation sites excluding steroid dienone is 1. The van der Waals surface area contributed by atoms with Gasteiger partial charge < -0.3 is 19.7 Å². The summed E-state index contributed by atoms with van der Waals surface area (Å²) in [6.45, 7) is 5.41. The van der Waals surface area contributed by atoms with Crippen molar-refractivity contribution in [3.8, 4) is 11.5 Å². The van der Waals surface area contributed by atoms with Gasteiger partial charge in [-0.1, -0.05) is 6.07 Å². The number of ketones is 1. The Bertz CT molecular complexity index is 1350. The molecule has 3 aromatic carbocycles. The van der Waals surface area contributed by atoms with E-state index in [-0.39, 0.29) is 28.2 Å². The maximum Gasteiger partial charge on any atom is 0.195 e. The van der Waals surface area contributed by atoms with Crippen molar-refractivity contribution in [3.63, 3.8) is 0 Å². The highest BCUT2D eigenvalue weighted by molar-refractivity contribution is 6.41. The van der Waals surface area contributed by atoms with E-state index in [1.165, 1.54) is 31.4 Å². The molecule has 2 aliphatic rings. The number of rotatable bonds is 8. The quantitative estimate of drug-likeness (QED) is 0.437. The molecule has 0 saturated carbocycles. The standard InChI is InChI=1S/C29H27F3N2O3/c1-36-26-6-3-18(15-25(26)32)28-27(19-13-20(30)16-21(31)14-19)23-5-4-22(17-24(23)29(28)35)37-12-2-9-34-10-7-33-8-11-34/h3-6,13-17,33H,2,7-12H2,1H3. The molecule has 37 heavy (non-hydrogen) atoms. The van der Waals surface area contributed by atoms with Crippen LogP contribution in [-0.2, 0) is 0 Å². The van der Waals surface area contributed by atoms with Crippen molar-refractivity contribution in [1.82, 2.24) is 10.2 Å². The summed E-state index contributed by atoms with van der Waals surface area (Å²) in [5.74, 6) is -2.00. The van der Waals surface area contributed by atoms with Crippen LogP contribution in [0.3, 0.4) is 0 Å². The first kappa shape index (κ1) is 25.0. The van der Waals surface area contributed by atoms with Gasteiger partial charge in [-0.15, -0.1) is 0 Å². The molecule has 0 atom stereocenters. The second-order valence-corrected chi connectivity index (χ2v) is 9.09. The van der Waals surface area contributed by atoms with Gasteiger partial charge in [0.2, 0.25) is 0 Å². The zero-order chi connectivity index (χ0) is 25.9.